The van der Waals surface area contributed by atoms with Gasteiger partial charge < -0.3 is 10.3 Å². The Balaban J connectivity index is 1.68. The van der Waals surface area contributed by atoms with E-state index in [0.29, 0.717) is 42.9 Å². The number of hydrogen-bond donors (Lipinski definition) is 2. The maximum Gasteiger partial charge on any atom is 0.266 e. The summed E-state index contributed by atoms with van der Waals surface area (Å²) < 4.78 is 0. The molecule has 0 fully saturated rings. The van der Waals surface area contributed by atoms with Crippen molar-refractivity contribution in [2.75, 3.05) is 5.32 Å². The number of thiophene rings is 1. The number of nitrogens with zero attached hydrogens (tertiary/aromatic N) is 1. The Kier molecular flexibility index (Phi) is 5.88. The number of carbonyl (C=O) groups excluding carboxylic acids is 1. The van der Waals surface area contributed by atoms with E-state index in [-0.39, 0.29) is 11.5 Å². The highest BCUT2D eigenvalue weighted by atomic mass is 35.5. The molecule has 0 saturated carbocycles. The lowest BCUT2D eigenvalue weighted by Gasteiger charge is -2.08. The third kappa shape index (κ3) is 4.37. The lowest BCUT2D eigenvalue weighted by atomic mass is 10.1. The van der Waals surface area contributed by atoms with E-state index in [2.05, 4.69) is 15.3 Å². The molecular formula is C23H19Cl2N3O2S. The second-order valence-electron chi connectivity index (χ2n) is 7.43. The number of aromatic nitrogens is 2. The van der Waals surface area contributed by atoms with Crippen LogP contribution >= 0.6 is 34.5 Å². The van der Waals surface area contributed by atoms with Gasteiger partial charge in [-0.1, -0.05) is 47.0 Å². The van der Waals surface area contributed by atoms with Gasteiger partial charge in [0.1, 0.15) is 10.7 Å². The van der Waals surface area contributed by atoms with Crippen molar-refractivity contribution in [2.45, 2.75) is 27.2 Å². The summed E-state index contributed by atoms with van der Waals surface area (Å²) in [5.41, 5.74) is 3.99. The van der Waals surface area contributed by atoms with Crippen LogP contribution in [0, 0.1) is 20.8 Å². The largest absolute Gasteiger partial charge is 0.321 e. The van der Waals surface area contributed by atoms with Gasteiger partial charge in [-0.25, -0.2) is 4.98 Å². The fraction of sp³-hybridized carbons (Fsp3) is 0.174. The van der Waals surface area contributed by atoms with Crippen LogP contribution in [0.25, 0.3) is 10.2 Å². The van der Waals surface area contributed by atoms with Gasteiger partial charge in [-0.15, -0.1) is 11.3 Å². The van der Waals surface area contributed by atoms with E-state index in [0.717, 1.165) is 22.4 Å². The molecule has 0 aliphatic rings. The van der Waals surface area contributed by atoms with Crippen LogP contribution in [0.4, 0.5) is 5.69 Å². The van der Waals surface area contributed by atoms with Crippen LogP contribution in [-0.4, -0.2) is 15.9 Å². The first-order valence-electron chi connectivity index (χ1n) is 9.57. The van der Waals surface area contributed by atoms with Crippen molar-refractivity contribution in [3.8, 4) is 0 Å². The standard InChI is InChI=1S/C23H19Cl2N3O2S/c1-11-4-7-17(12(2)8-11)26-22(30)20-13(3)19-21(29)27-18(28-23(19)31-20)9-14-5-6-15(24)10-16(14)25/h4-8,10H,9H2,1-3H3,(H,26,30)(H,27,28,29). The summed E-state index contributed by atoms with van der Waals surface area (Å²) in [7, 11) is 0. The Morgan fingerprint density at radius 1 is 1.13 bits per heavy atom. The molecule has 0 bridgehead atoms. The molecule has 5 nitrogen and oxygen atoms in total. The molecule has 8 heteroatoms. The minimum atomic E-state index is -0.274. The van der Waals surface area contributed by atoms with Crippen molar-refractivity contribution in [1.82, 2.24) is 9.97 Å². The molecule has 4 aromatic rings. The van der Waals surface area contributed by atoms with E-state index in [1.807, 2.05) is 32.0 Å². The van der Waals surface area contributed by atoms with E-state index in [4.69, 9.17) is 23.2 Å². The highest BCUT2D eigenvalue weighted by Gasteiger charge is 2.20. The van der Waals surface area contributed by atoms with E-state index in [1.54, 1.807) is 25.1 Å². The third-order valence-electron chi connectivity index (χ3n) is 5.06. The Bertz CT molecular complexity index is 1390. The minimum absolute atomic E-state index is 0.255. The molecule has 158 valence electrons. The number of hydrogen-bond acceptors (Lipinski definition) is 4. The zero-order valence-corrected chi connectivity index (χ0v) is 19.4. The predicted octanol–water partition coefficient (Wildman–Crippen LogP) is 6.06. The molecule has 2 N–H and O–H groups in total. The number of aryl methyl sites for hydroxylation is 3. The van der Waals surface area contributed by atoms with E-state index in [9.17, 15) is 9.59 Å². The number of H-pyrrole nitrogens is 1. The zero-order chi connectivity index (χ0) is 22.3. The third-order valence-corrected chi connectivity index (χ3v) is 6.83. The minimum Gasteiger partial charge on any atom is -0.321 e. The summed E-state index contributed by atoms with van der Waals surface area (Å²) in [6.45, 7) is 5.71. The number of amides is 1. The van der Waals surface area contributed by atoms with Crippen molar-refractivity contribution in [3.63, 3.8) is 0 Å². The quantitative estimate of drug-likeness (QED) is 0.379. The lowest BCUT2D eigenvalue weighted by Crippen LogP contribution is -2.14. The molecule has 4 rings (SSSR count). The van der Waals surface area contributed by atoms with Crippen LogP contribution in [0.2, 0.25) is 10.0 Å². The summed E-state index contributed by atoms with van der Waals surface area (Å²) in [6.07, 6.45) is 0.349. The average molecular weight is 472 g/mol. The van der Waals surface area contributed by atoms with Gasteiger partial charge in [0.15, 0.2) is 0 Å². The van der Waals surface area contributed by atoms with Gasteiger partial charge in [0.25, 0.3) is 11.5 Å². The number of nitrogens with one attached hydrogen (secondary N) is 2. The topological polar surface area (TPSA) is 74.8 Å². The highest BCUT2D eigenvalue weighted by Crippen LogP contribution is 2.29. The second-order valence-corrected chi connectivity index (χ2v) is 9.28. The molecule has 1 amide bonds. The molecule has 0 saturated heterocycles. The second kappa shape index (κ2) is 8.46. The van der Waals surface area contributed by atoms with Gasteiger partial charge in [-0.3, -0.25) is 9.59 Å². The lowest BCUT2D eigenvalue weighted by molar-refractivity contribution is 0.103. The normalized spacial score (nSPS) is 11.1. The first-order valence-corrected chi connectivity index (χ1v) is 11.1. The number of benzene rings is 2. The first kappa shape index (κ1) is 21.6. The fourth-order valence-electron chi connectivity index (χ4n) is 3.47. The van der Waals surface area contributed by atoms with Crippen LogP contribution in [-0.2, 0) is 6.42 Å². The van der Waals surface area contributed by atoms with Gasteiger partial charge >= 0.3 is 0 Å². The molecular weight excluding hydrogens is 453 g/mol. The van der Waals surface area contributed by atoms with E-state index >= 15 is 0 Å². The average Bonchev–Trinajstić information content (AvgIpc) is 3.03. The maximum absolute atomic E-state index is 12.9. The predicted molar refractivity (Wildman–Crippen MR) is 128 cm³/mol. The van der Waals surface area contributed by atoms with Gasteiger partial charge in [0.2, 0.25) is 0 Å². The van der Waals surface area contributed by atoms with Gasteiger partial charge in [-0.05, 0) is 55.7 Å². The number of anilines is 1. The number of rotatable bonds is 4. The van der Waals surface area contributed by atoms with Crippen LogP contribution in [0.15, 0.2) is 41.2 Å². The number of fused-ring (bicyclic) bond motifs is 1. The maximum atomic E-state index is 12.9. The SMILES string of the molecule is Cc1ccc(NC(=O)c2sc3nc(Cc4ccc(Cl)cc4Cl)[nH]c(=O)c3c2C)c(C)c1. The Morgan fingerprint density at radius 2 is 1.90 bits per heavy atom. The van der Waals surface area contributed by atoms with Crippen molar-refractivity contribution >= 4 is 56.3 Å². The highest BCUT2D eigenvalue weighted by molar-refractivity contribution is 7.20. The number of aromatic amines is 1. The zero-order valence-electron chi connectivity index (χ0n) is 17.1. The molecule has 0 radical (unpaired) electrons. The smallest absolute Gasteiger partial charge is 0.266 e. The molecule has 2 aromatic heterocycles. The Morgan fingerprint density at radius 3 is 2.61 bits per heavy atom. The van der Waals surface area contributed by atoms with E-state index < -0.39 is 0 Å². The number of carbonyl (C=O) groups is 1. The van der Waals surface area contributed by atoms with Crippen molar-refractivity contribution in [1.29, 1.82) is 0 Å². The molecule has 2 heterocycles. The monoisotopic (exact) mass is 471 g/mol. The molecule has 0 aliphatic heterocycles. The molecule has 0 atom stereocenters. The summed E-state index contributed by atoms with van der Waals surface area (Å²) in [6, 6.07) is 11.0. The Hall–Kier alpha value is -2.67. The molecule has 0 unspecified atom stereocenters. The summed E-state index contributed by atoms with van der Waals surface area (Å²) in [4.78, 5) is 34.1. The molecule has 2 aromatic carbocycles. The Labute approximate surface area is 193 Å². The van der Waals surface area contributed by atoms with Crippen molar-refractivity contribution in [3.05, 3.63) is 89.8 Å². The molecule has 0 aliphatic carbocycles. The van der Waals surface area contributed by atoms with Gasteiger partial charge in [0.05, 0.1) is 10.3 Å². The number of halogens is 2. The van der Waals surface area contributed by atoms with Crippen molar-refractivity contribution < 1.29 is 4.79 Å². The van der Waals surface area contributed by atoms with Crippen LogP contribution in [0.1, 0.15) is 37.7 Å². The van der Waals surface area contributed by atoms with Gasteiger partial charge in [-0.2, -0.15) is 0 Å². The van der Waals surface area contributed by atoms with Crippen LogP contribution in [0.3, 0.4) is 0 Å². The van der Waals surface area contributed by atoms with E-state index in [1.165, 1.54) is 11.3 Å². The van der Waals surface area contributed by atoms with Crippen molar-refractivity contribution in [2.24, 2.45) is 0 Å². The summed E-state index contributed by atoms with van der Waals surface area (Å²) in [5, 5.41) is 4.42. The summed E-state index contributed by atoms with van der Waals surface area (Å²) >= 11 is 13.4. The van der Waals surface area contributed by atoms with Gasteiger partial charge in [0, 0.05) is 22.2 Å². The van der Waals surface area contributed by atoms with Crippen LogP contribution < -0.4 is 10.9 Å². The van der Waals surface area contributed by atoms with Crippen LogP contribution in [0.5, 0.6) is 0 Å². The molecule has 31 heavy (non-hydrogen) atoms. The first-order chi connectivity index (χ1) is 14.7. The molecule has 0 spiro atoms. The summed E-state index contributed by atoms with van der Waals surface area (Å²) in [5.74, 6) is 0.221. The fourth-order valence-corrected chi connectivity index (χ4v) is 5.04.